The van der Waals surface area contributed by atoms with E-state index in [4.69, 9.17) is 5.73 Å². The van der Waals surface area contributed by atoms with Crippen LogP contribution in [0.3, 0.4) is 0 Å². The van der Waals surface area contributed by atoms with Gasteiger partial charge in [-0.05, 0) is 71.2 Å². The summed E-state index contributed by atoms with van der Waals surface area (Å²) in [6.45, 7) is 9.52. The highest BCUT2D eigenvalue weighted by Crippen LogP contribution is 2.14. The highest BCUT2D eigenvalue weighted by atomic mass is 15.2. The first-order valence-corrected chi connectivity index (χ1v) is 7.87. The number of nitrogens with two attached hydrogens (primary N) is 1. The maximum atomic E-state index is 5.64. The Hall–Kier alpha value is -0.120. The number of rotatable bonds is 10. The average molecular weight is 255 g/mol. The standard InChI is InChI=1S/C15H33N3/c1-3-15(8-9-16)7-6-10-17(2)13-14-18-11-4-5-12-18/h15H,3-14,16H2,1-2H3. The number of likely N-dealkylation sites (N-methyl/N-ethyl adjacent to an activating group) is 1. The summed E-state index contributed by atoms with van der Waals surface area (Å²) in [4.78, 5) is 5.09. The lowest BCUT2D eigenvalue weighted by atomic mass is 9.97. The summed E-state index contributed by atoms with van der Waals surface area (Å²) in [6, 6.07) is 0. The fraction of sp³-hybridized carbons (Fsp3) is 1.00. The second kappa shape index (κ2) is 9.76. The van der Waals surface area contributed by atoms with Crippen molar-refractivity contribution in [1.29, 1.82) is 0 Å². The number of hydrogen-bond donors (Lipinski definition) is 1. The zero-order chi connectivity index (χ0) is 13.2. The van der Waals surface area contributed by atoms with Crippen molar-refractivity contribution in [3.8, 4) is 0 Å². The number of likely N-dealkylation sites (tertiary alicyclic amines) is 1. The molecule has 0 aliphatic carbocycles. The quantitative estimate of drug-likeness (QED) is 0.649. The highest BCUT2D eigenvalue weighted by molar-refractivity contribution is 4.68. The molecule has 0 spiro atoms. The SMILES string of the molecule is CCC(CCN)CCCN(C)CCN1CCCC1. The molecule has 1 unspecified atom stereocenters. The first-order chi connectivity index (χ1) is 8.76. The molecule has 1 aliphatic rings. The molecule has 1 rings (SSSR count). The molecule has 1 saturated heterocycles. The Kier molecular flexibility index (Phi) is 8.64. The maximum Gasteiger partial charge on any atom is 0.0109 e. The van der Waals surface area contributed by atoms with Gasteiger partial charge in [-0.15, -0.1) is 0 Å². The Labute approximate surface area is 114 Å². The van der Waals surface area contributed by atoms with E-state index in [0.717, 1.165) is 12.5 Å². The molecule has 108 valence electrons. The minimum absolute atomic E-state index is 0.849. The van der Waals surface area contributed by atoms with Crippen molar-refractivity contribution in [2.45, 2.75) is 45.4 Å². The van der Waals surface area contributed by atoms with Crippen molar-refractivity contribution in [3.05, 3.63) is 0 Å². The van der Waals surface area contributed by atoms with E-state index in [2.05, 4.69) is 23.8 Å². The molecule has 0 amide bonds. The Morgan fingerprint density at radius 1 is 1.17 bits per heavy atom. The second-order valence-electron chi connectivity index (χ2n) is 5.85. The predicted octanol–water partition coefficient (Wildman–Crippen LogP) is 2.17. The van der Waals surface area contributed by atoms with Crippen molar-refractivity contribution in [3.63, 3.8) is 0 Å². The molecule has 0 aromatic heterocycles. The lowest BCUT2D eigenvalue weighted by Gasteiger charge is -2.22. The van der Waals surface area contributed by atoms with Crippen LogP contribution < -0.4 is 5.73 Å². The van der Waals surface area contributed by atoms with E-state index >= 15 is 0 Å². The van der Waals surface area contributed by atoms with E-state index in [1.54, 1.807) is 0 Å². The molecule has 0 aromatic rings. The molecular weight excluding hydrogens is 222 g/mol. The average Bonchev–Trinajstić information content (AvgIpc) is 2.88. The summed E-state index contributed by atoms with van der Waals surface area (Å²) in [7, 11) is 2.26. The predicted molar refractivity (Wildman–Crippen MR) is 79.9 cm³/mol. The third-order valence-electron chi connectivity index (χ3n) is 4.30. The molecule has 1 fully saturated rings. The normalized spacial score (nSPS) is 18.7. The van der Waals surface area contributed by atoms with Crippen LogP contribution in [0, 0.1) is 5.92 Å². The zero-order valence-electron chi connectivity index (χ0n) is 12.5. The van der Waals surface area contributed by atoms with Crippen LogP contribution in [0.25, 0.3) is 0 Å². The van der Waals surface area contributed by atoms with Crippen LogP contribution in [0.2, 0.25) is 0 Å². The van der Waals surface area contributed by atoms with Gasteiger partial charge < -0.3 is 15.5 Å². The zero-order valence-corrected chi connectivity index (χ0v) is 12.5. The Morgan fingerprint density at radius 3 is 2.50 bits per heavy atom. The van der Waals surface area contributed by atoms with E-state index in [1.165, 1.54) is 71.2 Å². The lowest BCUT2D eigenvalue weighted by Crippen LogP contribution is -2.32. The first kappa shape index (κ1) is 15.9. The topological polar surface area (TPSA) is 32.5 Å². The Bertz CT molecular complexity index is 190. The van der Waals surface area contributed by atoms with Crippen molar-refractivity contribution in [2.24, 2.45) is 11.7 Å². The van der Waals surface area contributed by atoms with Crippen LogP contribution in [0.15, 0.2) is 0 Å². The van der Waals surface area contributed by atoms with E-state index < -0.39 is 0 Å². The molecule has 2 N–H and O–H groups in total. The van der Waals surface area contributed by atoms with Crippen LogP contribution in [0.1, 0.15) is 45.4 Å². The summed E-state index contributed by atoms with van der Waals surface area (Å²) in [5.41, 5.74) is 5.64. The molecule has 3 heteroatoms. The second-order valence-corrected chi connectivity index (χ2v) is 5.85. The molecule has 0 bridgehead atoms. The number of nitrogens with zero attached hydrogens (tertiary/aromatic N) is 2. The van der Waals surface area contributed by atoms with Crippen molar-refractivity contribution < 1.29 is 0 Å². The Morgan fingerprint density at radius 2 is 1.89 bits per heavy atom. The van der Waals surface area contributed by atoms with Gasteiger partial charge in [-0.25, -0.2) is 0 Å². The fourth-order valence-electron chi connectivity index (χ4n) is 2.87. The molecule has 1 aliphatic heterocycles. The van der Waals surface area contributed by atoms with Gasteiger partial charge >= 0.3 is 0 Å². The fourth-order valence-corrected chi connectivity index (χ4v) is 2.87. The lowest BCUT2D eigenvalue weighted by molar-refractivity contribution is 0.248. The van der Waals surface area contributed by atoms with Gasteiger partial charge in [0.2, 0.25) is 0 Å². The van der Waals surface area contributed by atoms with Crippen LogP contribution in [0.5, 0.6) is 0 Å². The van der Waals surface area contributed by atoms with Crippen LogP contribution in [-0.2, 0) is 0 Å². The third-order valence-corrected chi connectivity index (χ3v) is 4.30. The minimum atomic E-state index is 0.849. The van der Waals surface area contributed by atoms with Crippen molar-refractivity contribution >= 4 is 0 Å². The summed E-state index contributed by atoms with van der Waals surface area (Å²) in [5, 5.41) is 0. The van der Waals surface area contributed by atoms with E-state index in [1.807, 2.05) is 0 Å². The molecule has 0 aromatic carbocycles. The van der Waals surface area contributed by atoms with Crippen LogP contribution in [0.4, 0.5) is 0 Å². The summed E-state index contributed by atoms with van der Waals surface area (Å²) in [6.07, 6.45) is 7.97. The molecule has 0 saturated carbocycles. The van der Waals surface area contributed by atoms with E-state index in [9.17, 15) is 0 Å². The summed E-state index contributed by atoms with van der Waals surface area (Å²) < 4.78 is 0. The van der Waals surface area contributed by atoms with Gasteiger partial charge in [0.1, 0.15) is 0 Å². The maximum absolute atomic E-state index is 5.64. The van der Waals surface area contributed by atoms with E-state index in [0.29, 0.717) is 0 Å². The van der Waals surface area contributed by atoms with Crippen molar-refractivity contribution in [1.82, 2.24) is 9.80 Å². The largest absolute Gasteiger partial charge is 0.330 e. The van der Waals surface area contributed by atoms with Crippen LogP contribution >= 0.6 is 0 Å². The Balaban J connectivity index is 1.99. The summed E-state index contributed by atoms with van der Waals surface area (Å²) in [5.74, 6) is 0.849. The van der Waals surface area contributed by atoms with Crippen LogP contribution in [-0.4, -0.2) is 56.1 Å². The third kappa shape index (κ3) is 6.72. The molecule has 0 radical (unpaired) electrons. The summed E-state index contributed by atoms with van der Waals surface area (Å²) >= 11 is 0. The molecular formula is C15H33N3. The van der Waals surface area contributed by atoms with Gasteiger partial charge in [0, 0.05) is 13.1 Å². The van der Waals surface area contributed by atoms with Crippen molar-refractivity contribution in [2.75, 3.05) is 46.3 Å². The van der Waals surface area contributed by atoms with Gasteiger partial charge in [0.25, 0.3) is 0 Å². The number of hydrogen-bond acceptors (Lipinski definition) is 3. The molecule has 1 heterocycles. The molecule has 18 heavy (non-hydrogen) atoms. The first-order valence-electron chi connectivity index (χ1n) is 7.87. The van der Waals surface area contributed by atoms with Gasteiger partial charge in [0.15, 0.2) is 0 Å². The van der Waals surface area contributed by atoms with Gasteiger partial charge in [-0.3, -0.25) is 0 Å². The van der Waals surface area contributed by atoms with Gasteiger partial charge in [0.05, 0.1) is 0 Å². The highest BCUT2D eigenvalue weighted by Gasteiger charge is 2.12. The smallest absolute Gasteiger partial charge is 0.0109 e. The minimum Gasteiger partial charge on any atom is -0.330 e. The van der Waals surface area contributed by atoms with E-state index in [-0.39, 0.29) is 0 Å². The molecule has 1 atom stereocenters. The van der Waals surface area contributed by atoms with Gasteiger partial charge in [-0.2, -0.15) is 0 Å². The van der Waals surface area contributed by atoms with Gasteiger partial charge in [-0.1, -0.05) is 13.3 Å². The molecule has 3 nitrogen and oxygen atoms in total. The monoisotopic (exact) mass is 255 g/mol.